The Labute approximate surface area is 144 Å². The molecule has 0 amide bonds. The molecule has 4 nitrogen and oxygen atoms in total. The molecule has 23 heavy (non-hydrogen) atoms. The Morgan fingerprint density at radius 3 is 2.43 bits per heavy atom. The molecule has 0 aliphatic rings. The summed E-state index contributed by atoms with van der Waals surface area (Å²) in [5.74, 6) is 0.789. The van der Waals surface area contributed by atoms with Crippen molar-refractivity contribution in [3.05, 3.63) is 59.2 Å². The van der Waals surface area contributed by atoms with Crippen molar-refractivity contribution in [2.75, 3.05) is 7.11 Å². The van der Waals surface area contributed by atoms with Gasteiger partial charge in [0, 0.05) is 22.5 Å². The first-order valence-electron chi connectivity index (χ1n) is 6.72. The quantitative estimate of drug-likeness (QED) is 0.644. The van der Waals surface area contributed by atoms with Gasteiger partial charge in [-0.15, -0.1) is 11.6 Å². The van der Waals surface area contributed by atoms with Gasteiger partial charge in [0.25, 0.3) is 10.0 Å². The first-order chi connectivity index (χ1) is 11.0. The Hall–Kier alpha value is -1.69. The molecule has 0 aliphatic heterocycles. The highest BCUT2D eigenvalue weighted by atomic mass is 35.5. The summed E-state index contributed by atoms with van der Waals surface area (Å²) in [4.78, 5) is 0.172. The van der Waals surface area contributed by atoms with E-state index in [0.717, 1.165) is 5.39 Å². The molecule has 0 saturated carbocycles. The highest BCUT2D eigenvalue weighted by Crippen LogP contribution is 2.29. The highest BCUT2D eigenvalue weighted by Gasteiger charge is 2.21. The van der Waals surface area contributed by atoms with Crippen LogP contribution in [0.4, 0.5) is 0 Å². The number of alkyl halides is 1. The second-order valence-corrected chi connectivity index (χ2v) is 7.44. The molecule has 2 aromatic carbocycles. The van der Waals surface area contributed by atoms with Crippen LogP contribution in [0.1, 0.15) is 5.56 Å². The molecule has 0 fully saturated rings. The minimum Gasteiger partial charge on any atom is -0.497 e. The van der Waals surface area contributed by atoms with E-state index in [4.69, 9.17) is 27.9 Å². The number of rotatable bonds is 4. The van der Waals surface area contributed by atoms with Crippen molar-refractivity contribution < 1.29 is 13.2 Å². The average Bonchev–Trinajstić information content (AvgIpc) is 2.93. The van der Waals surface area contributed by atoms with Crippen molar-refractivity contribution in [1.82, 2.24) is 3.97 Å². The molecule has 0 N–H and O–H groups in total. The van der Waals surface area contributed by atoms with E-state index < -0.39 is 10.0 Å². The van der Waals surface area contributed by atoms with Crippen molar-refractivity contribution in [3.8, 4) is 5.75 Å². The number of nitrogens with zero attached hydrogens (tertiary/aromatic N) is 1. The van der Waals surface area contributed by atoms with Gasteiger partial charge in [-0.3, -0.25) is 0 Å². The van der Waals surface area contributed by atoms with E-state index >= 15 is 0 Å². The Balaban J connectivity index is 2.21. The van der Waals surface area contributed by atoms with E-state index in [1.54, 1.807) is 30.3 Å². The Morgan fingerprint density at radius 2 is 1.83 bits per heavy atom. The number of fused-ring (bicyclic) bond motifs is 1. The Morgan fingerprint density at radius 1 is 1.13 bits per heavy atom. The SMILES string of the molecule is COc1ccc(S(=O)(=O)n2cc(CCl)c3cc(Cl)ccc32)cc1. The molecule has 3 rings (SSSR count). The summed E-state index contributed by atoms with van der Waals surface area (Å²) < 4.78 is 32.1. The predicted octanol–water partition coefficient (Wildman–Crippen LogP) is 4.28. The lowest BCUT2D eigenvalue weighted by Crippen LogP contribution is -2.11. The van der Waals surface area contributed by atoms with Crippen LogP contribution >= 0.6 is 23.2 Å². The molecule has 120 valence electrons. The fourth-order valence-electron chi connectivity index (χ4n) is 2.40. The Bertz CT molecular complexity index is 963. The van der Waals surface area contributed by atoms with E-state index in [0.29, 0.717) is 21.9 Å². The minimum absolute atomic E-state index is 0.172. The average molecular weight is 370 g/mol. The normalized spacial score (nSPS) is 11.8. The molecule has 0 atom stereocenters. The molecule has 1 aromatic heterocycles. The van der Waals surface area contributed by atoms with Crippen molar-refractivity contribution >= 4 is 44.1 Å². The molecule has 0 saturated heterocycles. The first kappa shape index (κ1) is 16.2. The Kier molecular flexibility index (Phi) is 4.27. The number of methoxy groups -OCH3 is 1. The molecule has 1 heterocycles. The third-order valence-electron chi connectivity index (χ3n) is 3.58. The van der Waals surface area contributed by atoms with Crippen LogP contribution < -0.4 is 4.74 Å². The summed E-state index contributed by atoms with van der Waals surface area (Å²) in [6.45, 7) is 0. The maximum absolute atomic E-state index is 12.9. The number of ether oxygens (including phenoxy) is 1. The number of hydrogen-bond acceptors (Lipinski definition) is 3. The molecular formula is C16H13Cl2NO3S. The summed E-state index contributed by atoms with van der Waals surface area (Å²) >= 11 is 11.9. The van der Waals surface area contributed by atoms with Gasteiger partial charge in [0.05, 0.1) is 17.5 Å². The van der Waals surface area contributed by atoms with E-state index in [1.165, 1.54) is 29.4 Å². The van der Waals surface area contributed by atoms with Gasteiger partial charge < -0.3 is 4.74 Å². The van der Waals surface area contributed by atoms with Gasteiger partial charge in [-0.1, -0.05) is 11.6 Å². The maximum atomic E-state index is 12.9. The summed E-state index contributed by atoms with van der Waals surface area (Å²) in [5, 5.41) is 1.26. The number of benzene rings is 2. The maximum Gasteiger partial charge on any atom is 0.268 e. The topological polar surface area (TPSA) is 48.3 Å². The summed E-state index contributed by atoms with van der Waals surface area (Å²) in [6, 6.07) is 11.3. The van der Waals surface area contributed by atoms with E-state index in [9.17, 15) is 8.42 Å². The highest BCUT2D eigenvalue weighted by molar-refractivity contribution is 7.90. The zero-order chi connectivity index (χ0) is 16.6. The van der Waals surface area contributed by atoms with Crippen LogP contribution in [0.5, 0.6) is 5.75 Å². The monoisotopic (exact) mass is 369 g/mol. The number of halogens is 2. The van der Waals surface area contributed by atoms with Gasteiger partial charge in [0.2, 0.25) is 0 Å². The fourth-order valence-corrected chi connectivity index (χ4v) is 4.18. The van der Waals surface area contributed by atoms with Gasteiger partial charge in [0.1, 0.15) is 5.75 Å². The van der Waals surface area contributed by atoms with Gasteiger partial charge in [0.15, 0.2) is 0 Å². The van der Waals surface area contributed by atoms with Crippen LogP contribution in [0.25, 0.3) is 10.9 Å². The van der Waals surface area contributed by atoms with Crippen LogP contribution in [0, 0.1) is 0 Å². The largest absolute Gasteiger partial charge is 0.497 e. The fraction of sp³-hybridized carbons (Fsp3) is 0.125. The smallest absolute Gasteiger partial charge is 0.268 e. The molecule has 0 spiro atoms. The van der Waals surface area contributed by atoms with Crippen molar-refractivity contribution in [1.29, 1.82) is 0 Å². The molecule has 7 heteroatoms. The third kappa shape index (κ3) is 2.80. The standard InChI is InChI=1S/C16H13Cl2NO3S/c1-22-13-3-5-14(6-4-13)23(20,21)19-10-11(9-17)15-8-12(18)2-7-16(15)19/h2-8,10H,9H2,1H3. The van der Waals surface area contributed by atoms with Crippen LogP contribution in [0.15, 0.2) is 53.6 Å². The summed E-state index contributed by atoms with van der Waals surface area (Å²) in [5.41, 5.74) is 1.25. The number of aromatic nitrogens is 1. The van der Waals surface area contributed by atoms with Crippen LogP contribution in [-0.4, -0.2) is 19.5 Å². The van der Waals surface area contributed by atoms with Gasteiger partial charge in [-0.2, -0.15) is 0 Å². The van der Waals surface area contributed by atoms with Gasteiger partial charge >= 0.3 is 0 Å². The lowest BCUT2D eigenvalue weighted by Gasteiger charge is -2.08. The first-order valence-corrected chi connectivity index (χ1v) is 9.07. The molecule has 0 aliphatic carbocycles. The van der Waals surface area contributed by atoms with Gasteiger partial charge in [-0.25, -0.2) is 12.4 Å². The lowest BCUT2D eigenvalue weighted by molar-refractivity contribution is 0.414. The molecule has 0 radical (unpaired) electrons. The summed E-state index contributed by atoms with van der Waals surface area (Å²) in [7, 11) is -2.21. The summed E-state index contributed by atoms with van der Waals surface area (Å²) in [6.07, 6.45) is 1.54. The van der Waals surface area contributed by atoms with Gasteiger partial charge in [-0.05, 0) is 48.0 Å². The molecule has 0 unspecified atom stereocenters. The molecule has 0 bridgehead atoms. The predicted molar refractivity (Wildman–Crippen MR) is 92.1 cm³/mol. The second-order valence-electron chi connectivity index (χ2n) is 4.93. The lowest BCUT2D eigenvalue weighted by atomic mass is 10.2. The number of hydrogen-bond donors (Lipinski definition) is 0. The van der Waals surface area contributed by atoms with E-state index in [1.807, 2.05) is 0 Å². The van der Waals surface area contributed by atoms with Crippen LogP contribution in [-0.2, 0) is 15.9 Å². The van der Waals surface area contributed by atoms with Crippen molar-refractivity contribution in [2.45, 2.75) is 10.8 Å². The zero-order valence-corrected chi connectivity index (χ0v) is 14.5. The van der Waals surface area contributed by atoms with Crippen LogP contribution in [0.2, 0.25) is 5.02 Å². The van der Waals surface area contributed by atoms with E-state index in [2.05, 4.69) is 0 Å². The zero-order valence-electron chi connectivity index (χ0n) is 12.2. The van der Waals surface area contributed by atoms with E-state index in [-0.39, 0.29) is 10.8 Å². The molecular weight excluding hydrogens is 357 g/mol. The van der Waals surface area contributed by atoms with Crippen LogP contribution in [0.3, 0.4) is 0 Å². The van der Waals surface area contributed by atoms with Crippen molar-refractivity contribution in [2.24, 2.45) is 0 Å². The second kappa shape index (κ2) is 6.07. The molecule has 3 aromatic rings. The minimum atomic E-state index is -3.73. The van der Waals surface area contributed by atoms with Crippen molar-refractivity contribution in [3.63, 3.8) is 0 Å². The third-order valence-corrected chi connectivity index (χ3v) is 5.79.